The number of hydrogen-bond acceptors (Lipinski definition) is 5. The van der Waals surface area contributed by atoms with Crippen LogP contribution in [-0.4, -0.2) is 55.3 Å². The number of aromatic amines is 1. The largest absolute Gasteiger partial charge is 0.381 e. The summed E-state index contributed by atoms with van der Waals surface area (Å²) in [6.45, 7) is 5.48. The van der Waals surface area contributed by atoms with Crippen molar-refractivity contribution >= 4 is 10.0 Å². The molecule has 120 valence electrons. The van der Waals surface area contributed by atoms with E-state index in [1.54, 1.807) is 13.3 Å². The Morgan fingerprint density at radius 1 is 1.48 bits per heavy atom. The van der Waals surface area contributed by atoms with Crippen molar-refractivity contribution in [3.05, 3.63) is 11.8 Å². The van der Waals surface area contributed by atoms with Gasteiger partial charge in [0.05, 0.1) is 12.3 Å². The minimum Gasteiger partial charge on any atom is -0.381 e. The summed E-state index contributed by atoms with van der Waals surface area (Å²) >= 11 is 0. The summed E-state index contributed by atoms with van der Waals surface area (Å²) < 4.78 is 32.2. The van der Waals surface area contributed by atoms with E-state index < -0.39 is 10.0 Å². The molecule has 0 aromatic carbocycles. The van der Waals surface area contributed by atoms with E-state index >= 15 is 0 Å². The van der Waals surface area contributed by atoms with Crippen LogP contribution in [0.1, 0.15) is 32.3 Å². The monoisotopic (exact) mass is 316 g/mol. The van der Waals surface area contributed by atoms with Gasteiger partial charge in [0.15, 0.2) is 5.03 Å². The molecule has 0 amide bonds. The number of piperidine rings is 1. The van der Waals surface area contributed by atoms with Crippen LogP contribution in [0.25, 0.3) is 0 Å². The molecule has 21 heavy (non-hydrogen) atoms. The number of ether oxygens (including phenoxy) is 1. The molecule has 1 aliphatic rings. The number of sulfonamides is 1. The number of aromatic nitrogens is 2. The zero-order valence-electron chi connectivity index (χ0n) is 12.8. The SMILES string of the molecule is COC1CCN(S(=O)(=O)c2[nH]ncc2CNC(C)C)CC1. The van der Waals surface area contributed by atoms with Gasteiger partial charge >= 0.3 is 0 Å². The topological polar surface area (TPSA) is 87.3 Å². The quantitative estimate of drug-likeness (QED) is 0.807. The molecule has 0 aliphatic carbocycles. The van der Waals surface area contributed by atoms with Crippen molar-refractivity contribution in [2.45, 2.75) is 50.4 Å². The predicted octanol–water partition coefficient (Wildman–Crippen LogP) is 0.707. The normalized spacial score (nSPS) is 18.5. The van der Waals surface area contributed by atoms with Crippen LogP contribution >= 0.6 is 0 Å². The van der Waals surface area contributed by atoms with E-state index in [4.69, 9.17) is 4.74 Å². The van der Waals surface area contributed by atoms with E-state index in [0.29, 0.717) is 25.2 Å². The van der Waals surface area contributed by atoms with E-state index in [1.165, 1.54) is 4.31 Å². The second kappa shape index (κ2) is 6.87. The minimum atomic E-state index is -3.51. The van der Waals surface area contributed by atoms with Crippen LogP contribution in [0, 0.1) is 0 Å². The lowest BCUT2D eigenvalue weighted by Crippen LogP contribution is -2.41. The van der Waals surface area contributed by atoms with Crippen LogP contribution in [0.2, 0.25) is 0 Å². The summed E-state index contributed by atoms with van der Waals surface area (Å²) in [7, 11) is -1.84. The van der Waals surface area contributed by atoms with Crippen molar-refractivity contribution in [1.29, 1.82) is 0 Å². The third-order valence-electron chi connectivity index (χ3n) is 3.71. The van der Waals surface area contributed by atoms with Crippen LogP contribution < -0.4 is 5.32 Å². The maximum Gasteiger partial charge on any atom is 0.260 e. The number of H-pyrrole nitrogens is 1. The van der Waals surface area contributed by atoms with Gasteiger partial charge in [0.2, 0.25) is 0 Å². The maximum absolute atomic E-state index is 12.7. The minimum absolute atomic E-state index is 0.153. The third kappa shape index (κ3) is 3.82. The van der Waals surface area contributed by atoms with Crippen LogP contribution in [-0.2, 0) is 21.3 Å². The smallest absolute Gasteiger partial charge is 0.260 e. The highest BCUT2D eigenvalue weighted by Crippen LogP contribution is 2.22. The van der Waals surface area contributed by atoms with Gasteiger partial charge in [0.25, 0.3) is 10.0 Å². The molecule has 1 fully saturated rings. The molecule has 0 radical (unpaired) electrons. The summed E-state index contributed by atoms with van der Waals surface area (Å²) in [6, 6.07) is 0.285. The first-order valence-electron chi connectivity index (χ1n) is 7.23. The summed E-state index contributed by atoms with van der Waals surface area (Å²) in [6.07, 6.45) is 3.18. The van der Waals surface area contributed by atoms with E-state index in [2.05, 4.69) is 15.5 Å². The number of methoxy groups -OCH3 is 1. The zero-order valence-corrected chi connectivity index (χ0v) is 13.6. The second-order valence-electron chi connectivity index (χ2n) is 5.60. The van der Waals surface area contributed by atoms with Gasteiger partial charge in [0.1, 0.15) is 0 Å². The number of rotatable bonds is 6. The van der Waals surface area contributed by atoms with Gasteiger partial charge in [-0.3, -0.25) is 5.10 Å². The number of nitrogens with zero attached hydrogens (tertiary/aromatic N) is 2. The summed E-state index contributed by atoms with van der Waals surface area (Å²) in [5.41, 5.74) is 0.678. The van der Waals surface area contributed by atoms with Gasteiger partial charge in [-0.1, -0.05) is 13.8 Å². The highest BCUT2D eigenvalue weighted by atomic mass is 32.2. The Hall–Kier alpha value is -0.960. The Kier molecular flexibility index (Phi) is 5.37. The van der Waals surface area contributed by atoms with Crippen LogP contribution in [0.4, 0.5) is 0 Å². The number of hydrogen-bond donors (Lipinski definition) is 2. The summed E-state index contributed by atoms with van der Waals surface area (Å²) in [5, 5.41) is 9.96. The predicted molar refractivity (Wildman–Crippen MR) is 79.4 cm³/mol. The Morgan fingerprint density at radius 2 is 2.14 bits per heavy atom. The Balaban J connectivity index is 2.11. The van der Waals surface area contributed by atoms with Crippen LogP contribution in [0.3, 0.4) is 0 Å². The summed E-state index contributed by atoms with van der Waals surface area (Å²) in [4.78, 5) is 0. The number of nitrogens with one attached hydrogen (secondary N) is 2. The standard InChI is InChI=1S/C13H24N4O3S/c1-10(2)14-8-11-9-15-16-13(11)21(18,19)17-6-4-12(20-3)5-7-17/h9-10,12,14H,4-8H2,1-3H3,(H,15,16). The molecule has 1 saturated heterocycles. The molecular formula is C13H24N4O3S. The highest BCUT2D eigenvalue weighted by molar-refractivity contribution is 7.89. The maximum atomic E-state index is 12.7. The van der Waals surface area contributed by atoms with E-state index in [-0.39, 0.29) is 17.2 Å². The van der Waals surface area contributed by atoms with Crippen molar-refractivity contribution in [3.8, 4) is 0 Å². The van der Waals surface area contributed by atoms with Crippen molar-refractivity contribution in [3.63, 3.8) is 0 Å². The average molecular weight is 316 g/mol. The van der Waals surface area contributed by atoms with E-state index in [1.807, 2.05) is 13.8 Å². The molecule has 7 nitrogen and oxygen atoms in total. The molecule has 0 atom stereocenters. The Morgan fingerprint density at radius 3 is 2.71 bits per heavy atom. The third-order valence-corrected chi connectivity index (χ3v) is 5.63. The molecular weight excluding hydrogens is 292 g/mol. The van der Waals surface area contributed by atoms with Gasteiger partial charge in [-0.2, -0.15) is 9.40 Å². The van der Waals surface area contributed by atoms with Gasteiger partial charge < -0.3 is 10.1 Å². The van der Waals surface area contributed by atoms with Gasteiger partial charge in [-0.25, -0.2) is 8.42 Å². The lowest BCUT2D eigenvalue weighted by atomic mass is 10.1. The summed E-state index contributed by atoms with van der Waals surface area (Å²) in [5.74, 6) is 0. The van der Waals surface area contributed by atoms with Gasteiger partial charge in [0, 0.05) is 38.3 Å². The molecule has 2 heterocycles. The highest BCUT2D eigenvalue weighted by Gasteiger charge is 2.32. The first kappa shape index (κ1) is 16.4. The van der Waals surface area contributed by atoms with Crippen molar-refractivity contribution in [2.24, 2.45) is 0 Å². The van der Waals surface area contributed by atoms with E-state index in [9.17, 15) is 8.42 Å². The molecule has 1 aliphatic heterocycles. The first-order chi connectivity index (χ1) is 9.95. The first-order valence-corrected chi connectivity index (χ1v) is 8.67. The lowest BCUT2D eigenvalue weighted by molar-refractivity contribution is 0.0604. The zero-order chi connectivity index (χ0) is 15.5. The Bertz CT molecular complexity index is 548. The molecule has 0 saturated carbocycles. The van der Waals surface area contributed by atoms with Crippen LogP contribution in [0.5, 0.6) is 0 Å². The second-order valence-corrected chi connectivity index (χ2v) is 7.47. The molecule has 0 bridgehead atoms. The van der Waals surface area contributed by atoms with Crippen molar-refractivity contribution < 1.29 is 13.2 Å². The Labute approximate surface area is 126 Å². The molecule has 0 spiro atoms. The lowest BCUT2D eigenvalue weighted by Gasteiger charge is -2.30. The van der Waals surface area contributed by atoms with E-state index in [0.717, 1.165) is 12.8 Å². The van der Waals surface area contributed by atoms with Gasteiger partial charge in [-0.15, -0.1) is 0 Å². The van der Waals surface area contributed by atoms with Crippen LogP contribution in [0.15, 0.2) is 11.2 Å². The van der Waals surface area contributed by atoms with Gasteiger partial charge in [-0.05, 0) is 12.8 Å². The fourth-order valence-electron chi connectivity index (χ4n) is 2.40. The molecule has 8 heteroatoms. The molecule has 1 aromatic rings. The molecule has 2 N–H and O–H groups in total. The fraction of sp³-hybridized carbons (Fsp3) is 0.769. The average Bonchev–Trinajstić information content (AvgIpc) is 2.94. The molecule has 0 unspecified atom stereocenters. The molecule has 2 rings (SSSR count). The van der Waals surface area contributed by atoms with Crippen molar-refractivity contribution in [1.82, 2.24) is 19.8 Å². The molecule has 1 aromatic heterocycles. The fourth-order valence-corrected chi connectivity index (χ4v) is 3.97. The van der Waals surface area contributed by atoms with Crippen molar-refractivity contribution in [2.75, 3.05) is 20.2 Å².